The van der Waals surface area contributed by atoms with Crippen molar-refractivity contribution in [2.45, 2.75) is 27.7 Å². The van der Waals surface area contributed by atoms with Crippen molar-refractivity contribution < 1.29 is 18.1 Å². The molecule has 0 radical (unpaired) electrons. The Morgan fingerprint density at radius 2 is 0.889 bits per heavy atom. The first-order valence-electron chi connectivity index (χ1n) is 5.64. The van der Waals surface area contributed by atoms with E-state index < -0.39 is 15.5 Å². The van der Waals surface area contributed by atoms with Gasteiger partial charge in [-0.1, -0.05) is 27.7 Å². The minimum Gasteiger partial charge on any atom is -0.322 e. The number of halogens is 2. The van der Waals surface area contributed by atoms with E-state index in [2.05, 4.69) is 27.7 Å². The highest BCUT2D eigenvalue weighted by molar-refractivity contribution is 7.76. The van der Waals surface area contributed by atoms with Crippen LogP contribution in [0.4, 0.5) is 0 Å². The molecule has 2 saturated heterocycles. The van der Waals surface area contributed by atoms with Crippen LogP contribution in [0.3, 0.4) is 0 Å². The Morgan fingerprint density at radius 1 is 0.667 bits per heavy atom. The van der Waals surface area contributed by atoms with Crippen LogP contribution in [0.2, 0.25) is 0 Å². The molecule has 108 valence electrons. The molecule has 0 aromatic carbocycles. The lowest BCUT2D eigenvalue weighted by molar-refractivity contribution is 0.0679. The van der Waals surface area contributed by atoms with Gasteiger partial charge < -0.3 is 18.1 Å². The molecule has 0 saturated carbocycles. The van der Waals surface area contributed by atoms with Crippen molar-refractivity contribution in [3.05, 3.63) is 0 Å². The smallest absolute Gasteiger partial charge is 0.276 e. The maximum atomic E-state index is 5.56. The van der Waals surface area contributed by atoms with E-state index in [4.69, 9.17) is 40.6 Å². The molecule has 2 aliphatic rings. The summed E-state index contributed by atoms with van der Waals surface area (Å²) < 4.78 is 20.4. The highest BCUT2D eigenvalue weighted by Crippen LogP contribution is 2.50. The van der Waals surface area contributed by atoms with Gasteiger partial charge in [-0.3, -0.25) is 0 Å². The summed E-state index contributed by atoms with van der Waals surface area (Å²) in [6, 6.07) is 0. The summed E-state index contributed by atoms with van der Waals surface area (Å²) in [5, 5.41) is 0. The second-order valence-electron chi connectivity index (χ2n) is 5.85. The lowest BCUT2D eigenvalue weighted by Gasteiger charge is -2.30. The third kappa shape index (κ3) is 7.17. The molecule has 2 fully saturated rings. The van der Waals surface area contributed by atoms with E-state index in [1.54, 1.807) is 0 Å². The maximum absolute atomic E-state index is 5.56. The molecule has 2 rings (SSSR count). The number of rotatable bonds is 0. The Bertz CT molecular complexity index is 220. The van der Waals surface area contributed by atoms with Crippen molar-refractivity contribution in [2.24, 2.45) is 10.8 Å². The van der Waals surface area contributed by atoms with Crippen molar-refractivity contribution in [1.29, 1.82) is 0 Å². The van der Waals surface area contributed by atoms with Gasteiger partial charge in [-0.05, 0) is 22.5 Å². The van der Waals surface area contributed by atoms with E-state index in [-0.39, 0.29) is 10.8 Å². The van der Waals surface area contributed by atoms with Crippen molar-refractivity contribution in [3.8, 4) is 0 Å². The molecule has 18 heavy (non-hydrogen) atoms. The van der Waals surface area contributed by atoms with Gasteiger partial charge in [0.15, 0.2) is 0 Å². The first-order valence-corrected chi connectivity index (χ1v) is 9.80. The zero-order valence-corrected chi connectivity index (χ0v) is 14.4. The zero-order chi connectivity index (χ0) is 13.8. The van der Waals surface area contributed by atoms with Gasteiger partial charge >= 0.3 is 0 Å². The number of hydrogen-bond donors (Lipinski definition) is 0. The molecule has 4 nitrogen and oxygen atoms in total. The van der Waals surface area contributed by atoms with Crippen LogP contribution in [0.5, 0.6) is 0 Å². The Labute approximate surface area is 121 Å². The molecule has 8 heteroatoms. The van der Waals surface area contributed by atoms with Crippen LogP contribution >= 0.6 is 37.9 Å². The molecule has 0 bridgehead atoms. The van der Waals surface area contributed by atoms with E-state index in [1.165, 1.54) is 0 Å². The Balaban J connectivity index is 0.000000180. The van der Waals surface area contributed by atoms with Gasteiger partial charge in [0.2, 0.25) is 0 Å². The fraction of sp³-hybridized carbons (Fsp3) is 1.00. The van der Waals surface area contributed by atoms with Crippen LogP contribution in [-0.2, 0) is 18.1 Å². The SMILES string of the molecule is CC1(C)COP(Cl)OC1.CC1(C)COP(Cl)OC1. The van der Waals surface area contributed by atoms with Gasteiger partial charge in [0.05, 0.1) is 26.4 Å². The van der Waals surface area contributed by atoms with Crippen LogP contribution in [0, 0.1) is 10.8 Å². The zero-order valence-electron chi connectivity index (χ0n) is 11.1. The Kier molecular flexibility index (Phi) is 7.06. The van der Waals surface area contributed by atoms with Gasteiger partial charge in [-0.2, -0.15) is 0 Å². The molecule has 0 aliphatic carbocycles. The van der Waals surface area contributed by atoms with Gasteiger partial charge in [0, 0.05) is 10.8 Å². The lowest BCUT2D eigenvalue weighted by atomic mass is 9.97. The van der Waals surface area contributed by atoms with Crippen LogP contribution < -0.4 is 0 Å². The quantitative estimate of drug-likeness (QED) is 0.580. The van der Waals surface area contributed by atoms with Gasteiger partial charge in [-0.15, -0.1) is 0 Å². The largest absolute Gasteiger partial charge is 0.322 e. The van der Waals surface area contributed by atoms with Crippen LogP contribution in [0.1, 0.15) is 27.7 Å². The summed E-state index contributed by atoms with van der Waals surface area (Å²) in [6.07, 6.45) is 0. The first kappa shape index (κ1) is 17.3. The molecular weight excluding hydrogens is 317 g/mol. The van der Waals surface area contributed by atoms with Crippen molar-refractivity contribution in [3.63, 3.8) is 0 Å². The summed E-state index contributed by atoms with van der Waals surface area (Å²) in [4.78, 5) is 0. The summed E-state index contributed by atoms with van der Waals surface area (Å²) >= 11 is 11.1. The van der Waals surface area contributed by atoms with Crippen molar-refractivity contribution in [1.82, 2.24) is 0 Å². The third-order valence-electron chi connectivity index (χ3n) is 2.23. The molecule has 2 aliphatic heterocycles. The molecule has 0 N–H and O–H groups in total. The second-order valence-corrected chi connectivity index (χ2v) is 9.39. The highest BCUT2D eigenvalue weighted by atomic mass is 35.7. The topological polar surface area (TPSA) is 36.9 Å². The standard InChI is InChI=1S/2C5H10ClO2P/c2*1-5(2)3-7-9(6)8-4-5/h2*3-4H2,1-2H3. The van der Waals surface area contributed by atoms with E-state index in [0.717, 1.165) is 0 Å². The molecule has 0 atom stereocenters. The van der Waals surface area contributed by atoms with Crippen LogP contribution in [0.15, 0.2) is 0 Å². The van der Waals surface area contributed by atoms with E-state index in [0.29, 0.717) is 26.4 Å². The van der Waals surface area contributed by atoms with Gasteiger partial charge in [0.1, 0.15) is 0 Å². The van der Waals surface area contributed by atoms with Crippen molar-refractivity contribution in [2.75, 3.05) is 26.4 Å². The molecule has 0 unspecified atom stereocenters. The minimum atomic E-state index is -1.08. The lowest BCUT2D eigenvalue weighted by Crippen LogP contribution is -2.27. The number of hydrogen-bond acceptors (Lipinski definition) is 4. The summed E-state index contributed by atoms with van der Waals surface area (Å²) in [5.41, 5.74) is 0.293. The average molecular weight is 337 g/mol. The molecule has 0 spiro atoms. The fourth-order valence-corrected chi connectivity index (χ4v) is 3.60. The Hall–Kier alpha value is 1.28. The van der Waals surface area contributed by atoms with Crippen LogP contribution in [0.25, 0.3) is 0 Å². The van der Waals surface area contributed by atoms with E-state index in [1.807, 2.05) is 0 Å². The molecular formula is C10H20Cl2O4P2. The van der Waals surface area contributed by atoms with Gasteiger partial charge in [0.25, 0.3) is 15.5 Å². The normalized spacial score (nSPS) is 28.3. The van der Waals surface area contributed by atoms with Crippen LogP contribution in [-0.4, -0.2) is 26.4 Å². The monoisotopic (exact) mass is 336 g/mol. The fourth-order valence-electron chi connectivity index (χ4n) is 1.06. The highest BCUT2D eigenvalue weighted by Gasteiger charge is 2.28. The summed E-state index contributed by atoms with van der Waals surface area (Å²) in [7, 11) is -2.16. The molecule has 0 amide bonds. The predicted molar refractivity (Wildman–Crippen MR) is 76.9 cm³/mol. The van der Waals surface area contributed by atoms with Crippen molar-refractivity contribution >= 4 is 37.9 Å². The molecule has 0 aromatic heterocycles. The summed E-state index contributed by atoms with van der Waals surface area (Å²) in [5.74, 6) is 0. The minimum absolute atomic E-state index is 0.147. The first-order chi connectivity index (χ1) is 8.20. The average Bonchev–Trinajstić information content (AvgIpc) is 2.28. The van der Waals surface area contributed by atoms with E-state index in [9.17, 15) is 0 Å². The Morgan fingerprint density at radius 3 is 1.06 bits per heavy atom. The third-order valence-corrected chi connectivity index (χ3v) is 4.73. The second kappa shape index (κ2) is 7.33. The molecule has 0 aromatic rings. The summed E-state index contributed by atoms with van der Waals surface area (Å²) in [6.45, 7) is 11.2. The van der Waals surface area contributed by atoms with E-state index >= 15 is 0 Å². The predicted octanol–water partition coefficient (Wildman–Crippen LogP) is 5.05. The molecule has 2 heterocycles. The maximum Gasteiger partial charge on any atom is 0.276 e. The van der Waals surface area contributed by atoms with Gasteiger partial charge in [-0.25, -0.2) is 0 Å².